The zero-order chi connectivity index (χ0) is 14.7. The number of nitrogens with zero attached hydrogens (tertiary/aromatic N) is 4. The van der Waals surface area contributed by atoms with E-state index in [2.05, 4.69) is 14.9 Å². The van der Waals surface area contributed by atoms with Crippen LogP contribution in [-0.4, -0.2) is 60.4 Å². The molecule has 7 nitrogen and oxygen atoms in total. The molecule has 0 bridgehead atoms. The molecule has 0 aliphatic carbocycles. The maximum Gasteiger partial charge on any atom is 0.308 e. The topological polar surface area (TPSA) is 78.8 Å². The van der Waals surface area contributed by atoms with E-state index in [9.17, 15) is 9.90 Å². The van der Waals surface area contributed by atoms with E-state index in [-0.39, 0.29) is 5.92 Å². The van der Waals surface area contributed by atoms with Gasteiger partial charge >= 0.3 is 5.97 Å². The van der Waals surface area contributed by atoms with Crippen molar-refractivity contribution < 1.29 is 14.6 Å². The van der Waals surface area contributed by atoms with Crippen LogP contribution in [0.25, 0.3) is 0 Å². The Morgan fingerprint density at radius 3 is 2.62 bits per heavy atom. The van der Waals surface area contributed by atoms with Crippen molar-refractivity contribution in [1.29, 1.82) is 0 Å². The van der Waals surface area contributed by atoms with Gasteiger partial charge in [-0.05, 0) is 12.8 Å². The first-order valence-corrected chi connectivity index (χ1v) is 7.36. The lowest BCUT2D eigenvalue weighted by Crippen LogP contribution is -2.40. The third-order valence-corrected chi connectivity index (χ3v) is 4.07. The number of carbonyl (C=O) groups is 1. The summed E-state index contributed by atoms with van der Waals surface area (Å²) in [5.74, 6) is 0.681. The van der Waals surface area contributed by atoms with Crippen molar-refractivity contribution in [3.8, 4) is 0 Å². The first-order chi connectivity index (χ1) is 10.2. The van der Waals surface area contributed by atoms with Crippen LogP contribution in [0.1, 0.15) is 12.8 Å². The maximum absolute atomic E-state index is 11.2. The SMILES string of the molecule is O=C(O)C1CCCN(c2cc(N3CCOCC3)ncn2)C1. The summed E-state index contributed by atoms with van der Waals surface area (Å²) in [4.78, 5) is 24.0. The molecule has 0 spiro atoms. The summed E-state index contributed by atoms with van der Waals surface area (Å²) in [6, 6.07) is 1.95. The Morgan fingerprint density at radius 1 is 1.19 bits per heavy atom. The molecule has 2 aliphatic rings. The van der Waals surface area contributed by atoms with Crippen LogP contribution in [0.15, 0.2) is 12.4 Å². The van der Waals surface area contributed by atoms with E-state index in [1.54, 1.807) is 6.33 Å². The van der Waals surface area contributed by atoms with Crippen molar-refractivity contribution in [2.45, 2.75) is 12.8 Å². The number of aliphatic carboxylic acids is 1. The summed E-state index contributed by atoms with van der Waals surface area (Å²) in [5, 5.41) is 9.18. The number of anilines is 2. The summed E-state index contributed by atoms with van der Waals surface area (Å²) in [6.07, 6.45) is 3.19. The van der Waals surface area contributed by atoms with Crippen LogP contribution in [0.5, 0.6) is 0 Å². The van der Waals surface area contributed by atoms with Crippen LogP contribution in [0.4, 0.5) is 11.6 Å². The van der Waals surface area contributed by atoms with Gasteiger partial charge in [-0.3, -0.25) is 4.79 Å². The lowest BCUT2D eigenvalue weighted by atomic mass is 9.98. The lowest BCUT2D eigenvalue weighted by Gasteiger charge is -2.33. The zero-order valence-electron chi connectivity index (χ0n) is 11.9. The van der Waals surface area contributed by atoms with Crippen LogP contribution in [0, 0.1) is 5.92 Å². The van der Waals surface area contributed by atoms with Gasteiger partial charge in [-0.15, -0.1) is 0 Å². The average molecular weight is 292 g/mol. The Hall–Kier alpha value is -1.89. The molecule has 1 N–H and O–H groups in total. The molecule has 3 rings (SSSR count). The standard InChI is InChI=1S/C14H20N4O3/c19-14(20)11-2-1-3-18(9-11)13-8-12(15-10-16-13)17-4-6-21-7-5-17/h8,10-11H,1-7,9H2,(H,19,20). The largest absolute Gasteiger partial charge is 0.481 e. The van der Waals surface area contributed by atoms with Gasteiger partial charge in [-0.1, -0.05) is 0 Å². The molecular weight excluding hydrogens is 272 g/mol. The van der Waals surface area contributed by atoms with Gasteiger partial charge < -0.3 is 19.6 Å². The molecule has 2 aliphatic heterocycles. The highest BCUT2D eigenvalue weighted by Gasteiger charge is 2.26. The summed E-state index contributed by atoms with van der Waals surface area (Å²) in [7, 11) is 0. The van der Waals surface area contributed by atoms with Crippen LogP contribution >= 0.6 is 0 Å². The average Bonchev–Trinajstić information content (AvgIpc) is 2.56. The van der Waals surface area contributed by atoms with E-state index in [1.807, 2.05) is 11.0 Å². The molecule has 7 heteroatoms. The second-order valence-electron chi connectivity index (χ2n) is 5.46. The van der Waals surface area contributed by atoms with Crippen molar-refractivity contribution in [3.63, 3.8) is 0 Å². The summed E-state index contributed by atoms with van der Waals surface area (Å²) >= 11 is 0. The second kappa shape index (κ2) is 6.26. The Kier molecular flexibility index (Phi) is 4.19. The molecule has 1 atom stereocenters. The van der Waals surface area contributed by atoms with Crippen molar-refractivity contribution in [2.75, 3.05) is 49.2 Å². The van der Waals surface area contributed by atoms with Crippen LogP contribution in [-0.2, 0) is 9.53 Å². The number of morpholine rings is 1. The minimum absolute atomic E-state index is 0.305. The van der Waals surface area contributed by atoms with Gasteiger partial charge in [-0.2, -0.15) is 0 Å². The monoisotopic (exact) mass is 292 g/mol. The van der Waals surface area contributed by atoms with Gasteiger partial charge in [0.05, 0.1) is 19.1 Å². The Morgan fingerprint density at radius 2 is 1.90 bits per heavy atom. The number of aromatic nitrogens is 2. The third-order valence-electron chi connectivity index (χ3n) is 4.07. The van der Waals surface area contributed by atoms with Gasteiger partial charge in [0, 0.05) is 32.2 Å². The van der Waals surface area contributed by atoms with Gasteiger partial charge in [0.15, 0.2) is 0 Å². The Balaban J connectivity index is 1.74. The Bertz CT molecular complexity index is 505. The number of ether oxygens (including phenoxy) is 1. The highest BCUT2D eigenvalue weighted by Crippen LogP contribution is 2.24. The van der Waals surface area contributed by atoms with E-state index >= 15 is 0 Å². The molecule has 0 aromatic carbocycles. The molecule has 0 radical (unpaired) electrons. The first kappa shape index (κ1) is 14.1. The smallest absolute Gasteiger partial charge is 0.308 e. The molecule has 0 saturated carbocycles. The lowest BCUT2D eigenvalue weighted by molar-refractivity contribution is -0.141. The van der Waals surface area contributed by atoms with Gasteiger partial charge in [0.1, 0.15) is 18.0 Å². The fraction of sp³-hybridized carbons (Fsp3) is 0.643. The van der Waals surface area contributed by atoms with E-state index in [1.165, 1.54) is 0 Å². The fourth-order valence-electron chi connectivity index (χ4n) is 2.86. The molecule has 1 aromatic rings. The van der Waals surface area contributed by atoms with Gasteiger partial charge in [0.2, 0.25) is 0 Å². The zero-order valence-corrected chi connectivity index (χ0v) is 11.9. The van der Waals surface area contributed by atoms with Crippen molar-refractivity contribution in [2.24, 2.45) is 5.92 Å². The summed E-state index contributed by atoms with van der Waals surface area (Å²) in [6.45, 7) is 4.45. The first-order valence-electron chi connectivity index (χ1n) is 7.36. The number of hydrogen-bond donors (Lipinski definition) is 1. The number of rotatable bonds is 3. The molecular formula is C14H20N4O3. The fourth-order valence-corrected chi connectivity index (χ4v) is 2.86. The highest BCUT2D eigenvalue weighted by atomic mass is 16.5. The molecule has 2 fully saturated rings. The highest BCUT2D eigenvalue weighted by molar-refractivity contribution is 5.71. The van der Waals surface area contributed by atoms with E-state index < -0.39 is 5.97 Å². The molecule has 1 aromatic heterocycles. The second-order valence-corrected chi connectivity index (χ2v) is 5.46. The predicted octanol–water partition coefficient (Wildman–Crippen LogP) is 0.614. The van der Waals surface area contributed by atoms with E-state index in [4.69, 9.17) is 4.74 Å². The number of carboxylic acid groups (broad SMARTS) is 1. The van der Waals surface area contributed by atoms with E-state index in [0.717, 1.165) is 44.1 Å². The summed E-state index contributed by atoms with van der Waals surface area (Å²) in [5.41, 5.74) is 0. The maximum atomic E-state index is 11.2. The summed E-state index contributed by atoms with van der Waals surface area (Å²) < 4.78 is 5.35. The predicted molar refractivity (Wildman–Crippen MR) is 77.6 cm³/mol. The van der Waals surface area contributed by atoms with Crippen molar-refractivity contribution in [1.82, 2.24) is 9.97 Å². The number of hydrogen-bond acceptors (Lipinski definition) is 6. The molecule has 2 saturated heterocycles. The minimum atomic E-state index is -0.720. The van der Waals surface area contributed by atoms with Crippen LogP contribution < -0.4 is 9.80 Å². The Labute approximate surface area is 123 Å². The third kappa shape index (κ3) is 3.24. The van der Waals surface area contributed by atoms with Crippen molar-refractivity contribution >= 4 is 17.6 Å². The number of carboxylic acids is 1. The molecule has 1 unspecified atom stereocenters. The number of piperidine rings is 1. The quantitative estimate of drug-likeness (QED) is 0.874. The molecule has 114 valence electrons. The normalized spacial score (nSPS) is 23.1. The van der Waals surface area contributed by atoms with Gasteiger partial charge in [-0.25, -0.2) is 9.97 Å². The molecule has 0 amide bonds. The van der Waals surface area contributed by atoms with Crippen LogP contribution in [0.3, 0.4) is 0 Å². The molecule has 21 heavy (non-hydrogen) atoms. The van der Waals surface area contributed by atoms with Gasteiger partial charge in [0.25, 0.3) is 0 Å². The van der Waals surface area contributed by atoms with Crippen molar-refractivity contribution in [3.05, 3.63) is 12.4 Å². The minimum Gasteiger partial charge on any atom is -0.481 e. The van der Waals surface area contributed by atoms with Crippen LogP contribution in [0.2, 0.25) is 0 Å². The van der Waals surface area contributed by atoms with E-state index in [0.29, 0.717) is 19.8 Å². The molecule has 3 heterocycles.